The Bertz CT molecular complexity index is 477. The second-order valence-electron chi connectivity index (χ2n) is 4.50. The van der Waals surface area contributed by atoms with Crippen molar-refractivity contribution in [1.29, 1.82) is 0 Å². The number of aryl methyl sites for hydroxylation is 1. The van der Waals surface area contributed by atoms with Crippen LogP contribution in [0, 0.1) is 12.8 Å². The monoisotopic (exact) mass is 236 g/mol. The van der Waals surface area contributed by atoms with Gasteiger partial charge >= 0.3 is 0 Å². The first-order valence-electron chi connectivity index (χ1n) is 5.74. The maximum absolute atomic E-state index is 11.7. The first kappa shape index (κ1) is 11.9. The van der Waals surface area contributed by atoms with Gasteiger partial charge in [0.2, 0.25) is 0 Å². The van der Waals surface area contributed by atoms with Gasteiger partial charge in [-0.05, 0) is 37.8 Å². The minimum atomic E-state index is -0.497. The molecule has 17 heavy (non-hydrogen) atoms. The minimum Gasteiger partial charge on any atom is -0.391 e. The van der Waals surface area contributed by atoms with Gasteiger partial charge in [0.25, 0.3) is 11.5 Å². The number of hydrogen-bond donors (Lipinski definition) is 3. The van der Waals surface area contributed by atoms with Gasteiger partial charge in [-0.1, -0.05) is 0 Å². The van der Waals surface area contributed by atoms with Crippen molar-refractivity contribution >= 4 is 5.91 Å². The van der Waals surface area contributed by atoms with E-state index < -0.39 is 17.6 Å². The van der Waals surface area contributed by atoms with Crippen molar-refractivity contribution < 1.29 is 9.90 Å². The lowest BCUT2D eigenvalue weighted by atomic mass is 10.2. The van der Waals surface area contributed by atoms with Crippen molar-refractivity contribution in [3.05, 3.63) is 33.7 Å². The molecule has 1 aliphatic rings. The number of carbonyl (C=O) groups excluding carboxylic acids is 1. The van der Waals surface area contributed by atoms with E-state index in [1.165, 1.54) is 6.07 Å². The third kappa shape index (κ3) is 2.94. The number of hydrogen-bond acceptors (Lipinski definition) is 3. The van der Waals surface area contributed by atoms with Crippen LogP contribution >= 0.6 is 0 Å². The summed E-state index contributed by atoms with van der Waals surface area (Å²) in [6.07, 6.45) is 1.54. The topological polar surface area (TPSA) is 82.2 Å². The Kier molecular flexibility index (Phi) is 3.28. The Morgan fingerprint density at radius 2 is 2.29 bits per heavy atom. The van der Waals surface area contributed by atoms with Gasteiger partial charge in [-0.15, -0.1) is 0 Å². The zero-order valence-corrected chi connectivity index (χ0v) is 9.69. The number of aliphatic hydroxyl groups is 1. The van der Waals surface area contributed by atoms with Crippen LogP contribution in [0.15, 0.2) is 16.9 Å². The van der Waals surface area contributed by atoms with Crippen molar-refractivity contribution in [3.8, 4) is 0 Å². The number of aromatic amines is 1. The molecule has 2 rings (SSSR count). The fourth-order valence-electron chi connectivity index (χ4n) is 1.69. The summed E-state index contributed by atoms with van der Waals surface area (Å²) in [4.78, 5) is 25.7. The van der Waals surface area contributed by atoms with Crippen LogP contribution in [-0.2, 0) is 0 Å². The van der Waals surface area contributed by atoms with E-state index in [2.05, 4.69) is 10.3 Å². The molecule has 0 bridgehead atoms. The number of H-pyrrole nitrogens is 1. The molecule has 1 aliphatic carbocycles. The summed E-state index contributed by atoms with van der Waals surface area (Å²) < 4.78 is 0. The first-order chi connectivity index (χ1) is 8.08. The predicted octanol–water partition coefficient (Wildman–Crippen LogP) is 0.184. The summed E-state index contributed by atoms with van der Waals surface area (Å²) >= 11 is 0. The number of pyridine rings is 1. The Labute approximate surface area is 98.9 Å². The van der Waals surface area contributed by atoms with E-state index in [1.807, 2.05) is 0 Å². The Morgan fingerprint density at radius 1 is 1.59 bits per heavy atom. The van der Waals surface area contributed by atoms with Crippen molar-refractivity contribution in [1.82, 2.24) is 10.3 Å². The maximum atomic E-state index is 11.7. The lowest BCUT2D eigenvalue weighted by molar-refractivity contribution is 0.0899. The van der Waals surface area contributed by atoms with E-state index in [-0.39, 0.29) is 12.1 Å². The molecule has 1 amide bonds. The molecule has 5 heteroatoms. The Balaban J connectivity index is 1.96. The molecule has 1 atom stereocenters. The second kappa shape index (κ2) is 4.71. The van der Waals surface area contributed by atoms with E-state index in [0.717, 1.165) is 12.8 Å². The minimum absolute atomic E-state index is 0.0820. The fraction of sp³-hybridized carbons (Fsp3) is 0.500. The highest BCUT2D eigenvalue weighted by Crippen LogP contribution is 2.32. The number of rotatable bonds is 4. The van der Waals surface area contributed by atoms with Gasteiger partial charge in [0.05, 0.1) is 6.10 Å². The molecule has 1 aromatic rings. The van der Waals surface area contributed by atoms with Gasteiger partial charge in [-0.2, -0.15) is 0 Å². The summed E-state index contributed by atoms with van der Waals surface area (Å²) in [5, 5.41) is 12.2. The average molecular weight is 236 g/mol. The SMILES string of the molecule is Cc1ccc(C(=O)NCC(O)C2CC2)c(=O)[nH]1. The third-order valence-corrected chi connectivity index (χ3v) is 2.94. The van der Waals surface area contributed by atoms with E-state index in [9.17, 15) is 14.7 Å². The number of aromatic nitrogens is 1. The van der Waals surface area contributed by atoms with Crippen molar-refractivity contribution in [3.63, 3.8) is 0 Å². The smallest absolute Gasteiger partial charge is 0.260 e. The largest absolute Gasteiger partial charge is 0.391 e. The van der Waals surface area contributed by atoms with E-state index in [4.69, 9.17) is 0 Å². The lowest BCUT2D eigenvalue weighted by Crippen LogP contribution is -2.36. The molecule has 3 N–H and O–H groups in total. The number of nitrogens with one attached hydrogen (secondary N) is 2. The predicted molar refractivity (Wildman–Crippen MR) is 62.9 cm³/mol. The number of amides is 1. The lowest BCUT2D eigenvalue weighted by Gasteiger charge is -2.10. The molecule has 5 nitrogen and oxygen atoms in total. The van der Waals surface area contributed by atoms with E-state index in [1.54, 1.807) is 13.0 Å². The van der Waals surface area contributed by atoms with Crippen LogP contribution in [0.5, 0.6) is 0 Å². The Morgan fingerprint density at radius 3 is 2.88 bits per heavy atom. The van der Waals surface area contributed by atoms with E-state index >= 15 is 0 Å². The highest BCUT2D eigenvalue weighted by Gasteiger charge is 2.29. The van der Waals surface area contributed by atoms with Crippen molar-refractivity contribution in [2.45, 2.75) is 25.9 Å². The molecule has 1 saturated carbocycles. The van der Waals surface area contributed by atoms with Gasteiger partial charge < -0.3 is 15.4 Å². The summed E-state index contributed by atoms with van der Waals surface area (Å²) in [5.41, 5.74) is 0.395. The van der Waals surface area contributed by atoms with Gasteiger partial charge in [-0.3, -0.25) is 9.59 Å². The normalized spacial score (nSPS) is 16.6. The van der Waals surface area contributed by atoms with E-state index in [0.29, 0.717) is 11.6 Å². The number of carbonyl (C=O) groups is 1. The van der Waals surface area contributed by atoms with Crippen LogP contribution < -0.4 is 10.9 Å². The molecule has 0 aromatic carbocycles. The molecule has 0 aliphatic heterocycles. The van der Waals surface area contributed by atoms with Gasteiger partial charge in [0, 0.05) is 12.2 Å². The quantitative estimate of drug-likeness (QED) is 0.697. The van der Waals surface area contributed by atoms with Gasteiger partial charge in [-0.25, -0.2) is 0 Å². The number of aliphatic hydroxyl groups excluding tert-OH is 1. The van der Waals surface area contributed by atoms with Crippen LogP contribution in [0.4, 0.5) is 0 Å². The zero-order chi connectivity index (χ0) is 12.4. The maximum Gasteiger partial charge on any atom is 0.260 e. The first-order valence-corrected chi connectivity index (χ1v) is 5.74. The second-order valence-corrected chi connectivity index (χ2v) is 4.50. The molecule has 0 spiro atoms. The molecule has 1 heterocycles. The summed E-state index contributed by atoms with van der Waals surface area (Å²) in [7, 11) is 0. The summed E-state index contributed by atoms with van der Waals surface area (Å²) in [6.45, 7) is 1.96. The van der Waals surface area contributed by atoms with Crippen LogP contribution in [0.3, 0.4) is 0 Å². The molecule has 0 radical (unpaired) electrons. The highest BCUT2D eigenvalue weighted by molar-refractivity contribution is 5.93. The molecule has 0 saturated heterocycles. The van der Waals surface area contributed by atoms with Gasteiger partial charge in [0.1, 0.15) is 5.56 Å². The highest BCUT2D eigenvalue weighted by atomic mass is 16.3. The van der Waals surface area contributed by atoms with Crippen molar-refractivity contribution in [2.24, 2.45) is 5.92 Å². The van der Waals surface area contributed by atoms with Crippen molar-refractivity contribution in [2.75, 3.05) is 6.54 Å². The van der Waals surface area contributed by atoms with Crippen LogP contribution in [0.1, 0.15) is 28.9 Å². The third-order valence-electron chi connectivity index (χ3n) is 2.94. The van der Waals surface area contributed by atoms with Crippen LogP contribution in [-0.4, -0.2) is 28.6 Å². The standard InChI is InChI=1S/C12H16N2O3/c1-7-2-5-9(12(17)14-7)11(16)13-6-10(15)8-3-4-8/h2,5,8,10,15H,3-4,6H2,1H3,(H,13,16)(H,14,17). The Hall–Kier alpha value is -1.62. The summed E-state index contributed by atoms with van der Waals surface area (Å²) in [5.74, 6) is -0.127. The fourth-order valence-corrected chi connectivity index (χ4v) is 1.69. The molecule has 1 unspecified atom stereocenters. The van der Waals surface area contributed by atoms with Crippen LogP contribution in [0.25, 0.3) is 0 Å². The molecular weight excluding hydrogens is 220 g/mol. The molecule has 1 aromatic heterocycles. The molecule has 92 valence electrons. The molecule has 1 fully saturated rings. The zero-order valence-electron chi connectivity index (χ0n) is 9.69. The average Bonchev–Trinajstić information content (AvgIpc) is 3.09. The van der Waals surface area contributed by atoms with Gasteiger partial charge in [0.15, 0.2) is 0 Å². The molecular formula is C12H16N2O3. The summed E-state index contributed by atoms with van der Waals surface area (Å²) in [6, 6.07) is 3.17. The van der Waals surface area contributed by atoms with Crippen LogP contribution in [0.2, 0.25) is 0 Å².